The summed E-state index contributed by atoms with van der Waals surface area (Å²) in [6.45, 7) is 0. The van der Waals surface area contributed by atoms with Crippen LogP contribution in [0.25, 0.3) is 10.9 Å². The van der Waals surface area contributed by atoms with E-state index in [1.54, 1.807) is 6.20 Å². The molecule has 0 amide bonds. The van der Waals surface area contributed by atoms with E-state index in [0.29, 0.717) is 11.0 Å². The molecular formula is C15H17N3S. The van der Waals surface area contributed by atoms with Gasteiger partial charge in [0.1, 0.15) is 4.99 Å². The van der Waals surface area contributed by atoms with Crippen LogP contribution in [0.3, 0.4) is 0 Å². The SMILES string of the molecule is NC(=S)c1cnc2ccccc2c1NC1CCCC1. The van der Waals surface area contributed by atoms with Crippen molar-refractivity contribution >= 4 is 33.8 Å². The Labute approximate surface area is 118 Å². The van der Waals surface area contributed by atoms with Crippen molar-refractivity contribution in [3.63, 3.8) is 0 Å². The summed E-state index contributed by atoms with van der Waals surface area (Å²) in [7, 11) is 0. The van der Waals surface area contributed by atoms with Gasteiger partial charge in [-0.25, -0.2) is 0 Å². The van der Waals surface area contributed by atoms with E-state index in [4.69, 9.17) is 18.0 Å². The number of hydrogen-bond acceptors (Lipinski definition) is 3. The minimum Gasteiger partial charge on any atom is -0.389 e. The second-order valence-corrected chi connectivity index (χ2v) is 5.49. The maximum Gasteiger partial charge on any atom is 0.107 e. The van der Waals surface area contributed by atoms with Gasteiger partial charge in [-0.3, -0.25) is 4.98 Å². The topological polar surface area (TPSA) is 50.9 Å². The summed E-state index contributed by atoms with van der Waals surface area (Å²) >= 11 is 5.15. The molecule has 0 bridgehead atoms. The lowest BCUT2D eigenvalue weighted by Gasteiger charge is -2.18. The van der Waals surface area contributed by atoms with Crippen LogP contribution in [-0.4, -0.2) is 16.0 Å². The largest absolute Gasteiger partial charge is 0.389 e. The highest BCUT2D eigenvalue weighted by molar-refractivity contribution is 7.80. The molecule has 1 aliphatic rings. The number of para-hydroxylation sites is 1. The second-order valence-electron chi connectivity index (χ2n) is 5.05. The molecule has 3 rings (SSSR count). The molecule has 0 spiro atoms. The van der Waals surface area contributed by atoms with E-state index >= 15 is 0 Å². The Bertz CT molecular complexity index is 618. The van der Waals surface area contributed by atoms with Crippen LogP contribution in [0.5, 0.6) is 0 Å². The number of rotatable bonds is 3. The van der Waals surface area contributed by atoms with Gasteiger partial charge in [-0.2, -0.15) is 0 Å². The summed E-state index contributed by atoms with van der Waals surface area (Å²) in [6, 6.07) is 8.63. The Balaban J connectivity index is 2.10. The fourth-order valence-corrected chi connectivity index (χ4v) is 2.91. The zero-order valence-electron chi connectivity index (χ0n) is 10.7. The number of nitrogens with one attached hydrogen (secondary N) is 1. The highest BCUT2D eigenvalue weighted by Crippen LogP contribution is 2.30. The maximum atomic E-state index is 5.83. The quantitative estimate of drug-likeness (QED) is 0.842. The van der Waals surface area contributed by atoms with Gasteiger partial charge in [0, 0.05) is 17.6 Å². The molecule has 3 N–H and O–H groups in total. The van der Waals surface area contributed by atoms with Gasteiger partial charge in [-0.1, -0.05) is 43.3 Å². The third kappa shape index (κ3) is 2.40. The zero-order valence-corrected chi connectivity index (χ0v) is 11.5. The highest BCUT2D eigenvalue weighted by atomic mass is 32.1. The van der Waals surface area contributed by atoms with E-state index in [9.17, 15) is 0 Å². The molecule has 1 heterocycles. The van der Waals surface area contributed by atoms with E-state index < -0.39 is 0 Å². The van der Waals surface area contributed by atoms with Crippen molar-refractivity contribution in [2.45, 2.75) is 31.7 Å². The molecule has 2 aromatic rings. The van der Waals surface area contributed by atoms with Gasteiger partial charge in [-0.05, 0) is 18.9 Å². The third-order valence-electron chi connectivity index (χ3n) is 3.74. The minimum atomic E-state index is 0.402. The smallest absolute Gasteiger partial charge is 0.107 e. The van der Waals surface area contributed by atoms with Crippen LogP contribution in [0.2, 0.25) is 0 Å². The molecule has 1 aromatic carbocycles. The normalized spacial score (nSPS) is 15.8. The monoisotopic (exact) mass is 271 g/mol. The van der Waals surface area contributed by atoms with Crippen LogP contribution in [0, 0.1) is 0 Å². The Morgan fingerprint density at radius 2 is 2.00 bits per heavy atom. The van der Waals surface area contributed by atoms with Gasteiger partial charge >= 0.3 is 0 Å². The lowest BCUT2D eigenvalue weighted by atomic mass is 10.1. The van der Waals surface area contributed by atoms with Crippen molar-refractivity contribution in [1.29, 1.82) is 0 Å². The third-order valence-corrected chi connectivity index (χ3v) is 3.96. The van der Waals surface area contributed by atoms with Crippen molar-refractivity contribution in [2.75, 3.05) is 5.32 Å². The van der Waals surface area contributed by atoms with Crippen LogP contribution in [-0.2, 0) is 0 Å². The Morgan fingerprint density at radius 3 is 2.74 bits per heavy atom. The number of anilines is 1. The molecule has 1 aromatic heterocycles. The number of nitrogens with zero attached hydrogens (tertiary/aromatic N) is 1. The maximum absolute atomic E-state index is 5.83. The molecule has 0 radical (unpaired) electrons. The highest BCUT2D eigenvalue weighted by Gasteiger charge is 2.18. The fourth-order valence-electron chi connectivity index (χ4n) is 2.76. The molecule has 0 saturated heterocycles. The first-order chi connectivity index (χ1) is 9.25. The number of benzene rings is 1. The first kappa shape index (κ1) is 12.4. The summed E-state index contributed by atoms with van der Waals surface area (Å²) in [6.07, 6.45) is 6.80. The van der Waals surface area contributed by atoms with Gasteiger partial charge in [0.2, 0.25) is 0 Å². The van der Waals surface area contributed by atoms with Crippen molar-refractivity contribution < 1.29 is 0 Å². The van der Waals surface area contributed by atoms with E-state index in [0.717, 1.165) is 22.2 Å². The van der Waals surface area contributed by atoms with Gasteiger partial charge in [0.05, 0.1) is 16.8 Å². The van der Waals surface area contributed by atoms with Crippen molar-refractivity contribution in [2.24, 2.45) is 5.73 Å². The first-order valence-electron chi connectivity index (χ1n) is 6.70. The van der Waals surface area contributed by atoms with Crippen LogP contribution in [0.4, 0.5) is 5.69 Å². The van der Waals surface area contributed by atoms with Crippen molar-refractivity contribution in [3.05, 3.63) is 36.0 Å². The summed E-state index contributed by atoms with van der Waals surface area (Å²) in [5.41, 5.74) is 8.70. The molecule has 3 nitrogen and oxygen atoms in total. The number of hydrogen-bond donors (Lipinski definition) is 2. The van der Waals surface area contributed by atoms with E-state index in [-0.39, 0.29) is 0 Å². The molecule has 0 unspecified atom stereocenters. The molecule has 1 fully saturated rings. The second kappa shape index (κ2) is 5.13. The van der Waals surface area contributed by atoms with Crippen molar-refractivity contribution in [3.8, 4) is 0 Å². The van der Waals surface area contributed by atoms with Gasteiger partial charge < -0.3 is 11.1 Å². The average Bonchev–Trinajstić information content (AvgIpc) is 2.92. The lowest BCUT2D eigenvalue weighted by Crippen LogP contribution is -2.20. The average molecular weight is 271 g/mol. The molecule has 19 heavy (non-hydrogen) atoms. The van der Waals surface area contributed by atoms with E-state index in [2.05, 4.69) is 16.4 Å². The number of pyridine rings is 1. The zero-order chi connectivity index (χ0) is 13.2. The lowest BCUT2D eigenvalue weighted by molar-refractivity contribution is 0.756. The van der Waals surface area contributed by atoms with Gasteiger partial charge in [0.25, 0.3) is 0 Å². The first-order valence-corrected chi connectivity index (χ1v) is 7.10. The van der Waals surface area contributed by atoms with E-state index in [1.165, 1.54) is 25.7 Å². The molecule has 4 heteroatoms. The van der Waals surface area contributed by atoms with Gasteiger partial charge in [-0.15, -0.1) is 0 Å². The van der Waals surface area contributed by atoms with Crippen LogP contribution in [0.15, 0.2) is 30.5 Å². The molecule has 98 valence electrons. The Kier molecular flexibility index (Phi) is 3.34. The molecule has 1 aliphatic carbocycles. The van der Waals surface area contributed by atoms with Crippen molar-refractivity contribution in [1.82, 2.24) is 4.98 Å². The van der Waals surface area contributed by atoms with Crippen LogP contribution < -0.4 is 11.1 Å². The van der Waals surface area contributed by atoms with Crippen LogP contribution >= 0.6 is 12.2 Å². The summed E-state index contributed by atoms with van der Waals surface area (Å²) in [5.74, 6) is 0. The minimum absolute atomic E-state index is 0.402. The molecule has 0 aliphatic heterocycles. The summed E-state index contributed by atoms with van der Waals surface area (Å²) in [4.78, 5) is 4.83. The fraction of sp³-hybridized carbons (Fsp3) is 0.333. The van der Waals surface area contributed by atoms with E-state index in [1.807, 2.05) is 18.2 Å². The molecular weight excluding hydrogens is 254 g/mol. The summed E-state index contributed by atoms with van der Waals surface area (Å²) in [5, 5.41) is 4.72. The molecule has 1 saturated carbocycles. The number of thiocarbonyl (C=S) groups is 1. The van der Waals surface area contributed by atoms with Gasteiger partial charge in [0.15, 0.2) is 0 Å². The number of fused-ring (bicyclic) bond motifs is 1. The number of aromatic nitrogens is 1. The summed E-state index contributed by atoms with van der Waals surface area (Å²) < 4.78 is 0. The predicted molar refractivity (Wildman–Crippen MR) is 83.5 cm³/mol. The Hall–Kier alpha value is -1.68. The molecule has 0 atom stereocenters. The number of nitrogens with two attached hydrogens (primary N) is 1. The predicted octanol–water partition coefficient (Wildman–Crippen LogP) is 3.22. The van der Waals surface area contributed by atoms with Crippen LogP contribution in [0.1, 0.15) is 31.2 Å². The Morgan fingerprint density at radius 1 is 1.26 bits per heavy atom. The standard InChI is InChI=1S/C15H17N3S/c16-15(19)12-9-17-13-8-4-3-7-11(13)14(12)18-10-5-1-2-6-10/h3-4,7-10H,1-2,5-6H2,(H2,16,19)(H,17,18).